The Morgan fingerprint density at radius 1 is 1.12 bits per heavy atom. The number of imide groups is 1. The lowest BCUT2D eigenvalue weighted by atomic mass is 10.0. The number of piperidine rings is 1. The van der Waals surface area contributed by atoms with Crippen LogP contribution in [-0.2, 0) is 29.3 Å². The molecule has 3 amide bonds. The summed E-state index contributed by atoms with van der Waals surface area (Å²) in [6.45, 7) is 13.2. The maximum absolute atomic E-state index is 15.1. The van der Waals surface area contributed by atoms with Crippen molar-refractivity contribution in [1.29, 1.82) is 0 Å². The third-order valence-electron chi connectivity index (χ3n) is 8.28. The first-order chi connectivity index (χ1) is 20.8. The van der Waals surface area contributed by atoms with Gasteiger partial charge in [0.2, 0.25) is 17.5 Å². The van der Waals surface area contributed by atoms with Crippen molar-refractivity contribution in [3.63, 3.8) is 0 Å². The summed E-state index contributed by atoms with van der Waals surface area (Å²) in [4.78, 5) is 50.9. The highest BCUT2D eigenvalue weighted by atomic mass is 19.1. The number of halogens is 1. The van der Waals surface area contributed by atoms with Crippen molar-refractivity contribution in [2.24, 2.45) is 0 Å². The molecule has 1 N–H and O–H groups in total. The molecule has 2 aromatic carbocycles. The molecule has 2 fully saturated rings. The second-order valence-corrected chi connectivity index (χ2v) is 11.1. The zero-order valence-electron chi connectivity index (χ0n) is 23.8. The van der Waals surface area contributed by atoms with Gasteiger partial charge < -0.3 is 14.5 Å². The van der Waals surface area contributed by atoms with Crippen LogP contribution < -0.4 is 15.0 Å². The minimum atomic E-state index is -0.712. The van der Waals surface area contributed by atoms with Crippen molar-refractivity contribution in [1.82, 2.24) is 20.1 Å². The van der Waals surface area contributed by atoms with Gasteiger partial charge in [-0.3, -0.25) is 29.6 Å². The molecule has 11 heteroatoms. The first-order valence-corrected chi connectivity index (χ1v) is 14.3. The van der Waals surface area contributed by atoms with Gasteiger partial charge in [0.25, 0.3) is 5.91 Å². The molecule has 3 aromatic rings. The van der Waals surface area contributed by atoms with Crippen LogP contribution in [0.5, 0.6) is 5.75 Å². The number of rotatable bonds is 7. The summed E-state index contributed by atoms with van der Waals surface area (Å²) >= 11 is 0. The van der Waals surface area contributed by atoms with Crippen molar-refractivity contribution in [2.75, 3.05) is 31.1 Å². The van der Waals surface area contributed by atoms with E-state index in [1.165, 1.54) is 4.90 Å². The first kappa shape index (κ1) is 28.3. The third kappa shape index (κ3) is 5.79. The maximum Gasteiger partial charge on any atom is 0.255 e. The second-order valence-electron chi connectivity index (χ2n) is 11.1. The van der Waals surface area contributed by atoms with Gasteiger partial charge in [0, 0.05) is 62.0 Å². The molecular weight excluding hydrogens is 551 g/mol. The first-order valence-electron chi connectivity index (χ1n) is 14.3. The van der Waals surface area contributed by atoms with Gasteiger partial charge in [0.1, 0.15) is 30.0 Å². The Morgan fingerprint density at radius 2 is 1.93 bits per heavy atom. The molecule has 10 nitrogen and oxygen atoms in total. The van der Waals surface area contributed by atoms with Crippen LogP contribution in [0.2, 0.25) is 0 Å². The average Bonchev–Trinajstić information content (AvgIpc) is 3.33. The quantitative estimate of drug-likeness (QED) is 0.335. The lowest BCUT2D eigenvalue weighted by molar-refractivity contribution is -0.136. The molecule has 3 aliphatic rings. The summed E-state index contributed by atoms with van der Waals surface area (Å²) in [7, 11) is 0. The van der Waals surface area contributed by atoms with E-state index >= 15 is 4.39 Å². The van der Waals surface area contributed by atoms with Crippen LogP contribution in [0.15, 0.2) is 48.7 Å². The van der Waals surface area contributed by atoms with E-state index in [4.69, 9.17) is 11.3 Å². The zero-order valence-corrected chi connectivity index (χ0v) is 23.8. The molecule has 1 atom stereocenters. The Balaban J connectivity index is 1.05. The summed E-state index contributed by atoms with van der Waals surface area (Å²) < 4.78 is 21.1. The van der Waals surface area contributed by atoms with Crippen molar-refractivity contribution in [3.05, 3.63) is 93.7 Å². The number of nitrogens with one attached hydrogen (secondary N) is 1. The molecule has 0 radical (unpaired) electrons. The molecule has 0 bridgehead atoms. The van der Waals surface area contributed by atoms with Crippen LogP contribution in [0.3, 0.4) is 0 Å². The van der Waals surface area contributed by atoms with Gasteiger partial charge in [0.05, 0.1) is 13.1 Å². The molecule has 4 heterocycles. The van der Waals surface area contributed by atoms with E-state index in [2.05, 4.69) is 24.9 Å². The SMILES string of the molecule is [C-]#[N+]c1cnc(N2CCN(Cc3ccc(COc4cccc5c4CN([C@H]4CCC(=O)NC4=O)C5=O)c(F)c3)CC2)c(C)c1. The summed E-state index contributed by atoms with van der Waals surface area (Å²) in [5, 5.41) is 2.30. The topological polar surface area (TPSA) is 99.4 Å². The van der Waals surface area contributed by atoms with Gasteiger partial charge >= 0.3 is 0 Å². The zero-order chi connectivity index (χ0) is 30.1. The lowest BCUT2D eigenvalue weighted by Gasteiger charge is -2.36. The summed E-state index contributed by atoms with van der Waals surface area (Å²) in [6, 6.07) is 11.5. The highest BCUT2D eigenvalue weighted by Crippen LogP contribution is 2.34. The Labute approximate surface area is 248 Å². The fourth-order valence-electron chi connectivity index (χ4n) is 5.98. The number of piperazine rings is 1. The number of hydrogen-bond acceptors (Lipinski definition) is 7. The lowest BCUT2D eigenvalue weighted by Crippen LogP contribution is -2.52. The minimum Gasteiger partial charge on any atom is -0.488 e. The second kappa shape index (κ2) is 11.8. The molecule has 0 spiro atoms. The van der Waals surface area contributed by atoms with Crippen molar-refractivity contribution in [3.8, 4) is 5.75 Å². The van der Waals surface area contributed by atoms with Crippen LogP contribution in [0.25, 0.3) is 4.85 Å². The molecule has 43 heavy (non-hydrogen) atoms. The number of carbonyl (C=O) groups is 3. The Morgan fingerprint density at radius 3 is 2.65 bits per heavy atom. The van der Waals surface area contributed by atoms with Crippen molar-refractivity contribution >= 4 is 29.2 Å². The molecule has 2 saturated heterocycles. The molecule has 6 rings (SSSR count). The fourth-order valence-corrected chi connectivity index (χ4v) is 5.98. The molecule has 0 saturated carbocycles. The number of nitrogens with zero attached hydrogens (tertiary/aromatic N) is 5. The number of fused-ring (bicyclic) bond motifs is 1. The van der Waals surface area contributed by atoms with E-state index in [1.54, 1.807) is 36.5 Å². The fraction of sp³-hybridized carbons (Fsp3) is 0.344. The van der Waals surface area contributed by atoms with Gasteiger partial charge in [-0.15, -0.1) is 0 Å². The van der Waals surface area contributed by atoms with Gasteiger partial charge in [-0.1, -0.05) is 18.2 Å². The van der Waals surface area contributed by atoms with Crippen LogP contribution in [0, 0.1) is 19.3 Å². The van der Waals surface area contributed by atoms with E-state index < -0.39 is 11.9 Å². The Kier molecular flexibility index (Phi) is 7.78. The average molecular weight is 583 g/mol. The van der Waals surface area contributed by atoms with E-state index in [9.17, 15) is 14.4 Å². The number of anilines is 1. The number of aromatic nitrogens is 1. The molecule has 0 aliphatic carbocycles. The number of ether oxygens (including phenoxy) is 1. The standard InChI is InChI=1S/C32H31FN6O4/c1-20-14-23(34-2)16-35-30(20)38-12-10-37(11-13-38)17-21-6-7-22(26(33)15-21)19-43-28-5-3-4-24-25(28)18-39(32(24)42)27-8-9-29(40)36-31(27)41/h3-7,14-16,27H,8-13,17-19H2,1H3,(H,36,40,41)/t27-/m0/s1. The van der Waals surface area contributed by atoms with Crippen molar-refractivity contribution < 1.29 is 23.5 Å². The van der Waals surface area contributed by atoms with E-state index in [-0.39, 0.29) is 43.6 Å². The molecule has 3 aliphatic heterocycles. The number of aryl methyl sites for hydroxylation is 1. The summed E-state index contributed by atoms with van der Waals surface area (Å²) in [6.07, 6.45) is 2.07. The van der Waals surface area contributed by atoms with Crippen LogP contribution >= 0.6 is 0 Å². The number of amides is 3. The monoisotopic (exact) mass is 582 g/mol. The number of carbonyl (C=O) groups excluding carboxylic acids is 3. The normalized spacial score (nSPS) is 18.8. The third-order valence-corrected chi connectivity index (χ3v) is 8.28. The molecule has 0 unspecified atom stereocenters. The van der Waals surface area contributed by atoms with Gasteiger partial charge in [-0.25, -0.2) is 9.24 Å². The van der Waals surface area contributed by atoms with Crippen LogP contribution in [0.1, 0.15) is 45.5 Å². The van der Waals surface area contributed by atoms with E-state index in [0.29, 0.717) is 34.7 Å². The van der Waals surface area contributed by atoms with Gasteiger partial charge in [-0.2, -0.15) is 0 Å². The van der Waals surface area contributed by atoms with Crippen molar-refractivity contribution in [2.45, 2.75) is 45.5 Å². The van der Waals surface area contributed by atoms with Crippen LogP contribution in [-0.4, -0.2) is 64.7 Å². The molecule has 1 aromatic heterocycles. The van der Waals surface area contributed by atoms with Crippen LogP contribution in [0.4, 0.5) is 15.9 Å². The highest BCUT2D eigenvalue weighted by Gasteiger charge is 2.40. The predicted octanol–water partition coefficient (Wildman–Crippen LogP) is 3.74. The van der Waals surface area contributed by atoms with Gasteiger partial charge in [0.15, 0.2) is 0 Å². The summed E-state index contributed by atoms with van der Waals surface area (Å²) in [5.74, 6) is -0.0724. The molecule has 220 valence electrons. The Hall–Kier alpha value is -4.82. The minimum absolute atomic E-state index is 0.00745. The largest absolute Gasteiger partial charge is 0.488 e. The highest BCUT2D eigenvalue weighted by molar-refractivity contribution is 6.05. The number of pyridine rings is 1. The maximum atomic E-state index is 15.1. The smallest absolute Gasteiger partial charge is 0.255 e. The number of hydrogen-bond donors (Lipinski definition) is 1. The summed E-state index contributed by atoms with van der Waals surface area (Å²) in [5.41, 5.74) is 3.90. The predicted molar refractivity (Wildman–Crippen MR) is 156 cm³/mol. The van der Waals surface area contributed by atoms with E-state index in [0.717, 1.165) is 43.1 Å². The van der Waals surface area contributed by atoms with Gasteiger partial charge in [-0.05, 0) is 48.7 Å². The van der Waals surface area contributed by atoms with E-state index in [1.807, 2.05) is 19.1 Å². The molecular formula is C32H31FN6O4. The number of benzene rings is 2. The Bertz CT molecular complexity index is 1650.